The molecule has 0 bridgehead atoms. The molecule has 0 unspecified atom stereocenters. The SMILES string of the molecule is CNCc1ccc(Br)cc1N(C)Cc1cccc(Br)c1. The first kappa shape index (κ1) is 15.5. The quantitative estimate of drug-likeness (QED) is 0.794. The molecule has 0 spiro atoms. The molecule has 4 heteroatoms. The van der Waals surface area contributed by atoms with E-state index in [1.807, 2.05) is 7.05 Å². The van der Waals surface area contributed by atoms with Crippen LogP contribution < -0.4 is 10.2 Å². The van der Waals surface area contributed by atoms with Gasteiger partial charge in [0.25, 0.3) is 0 Å². The molecule has 0 aliphatic rings. The van der Waals surface area contributed by atoms with Crippen molar-refractivity contribution in [3.05, 3.63) is 62.5 Å². The molecule has 0 amide bonds. The Bertz CT molecular complexity index is 584. The Morgan fingerprint density at radius 2 is 1.80 bits per heavy atom. The van der Waals surface area contributed by atoms with Crippen molar-refractivity contribution in [1.82, 2.24) is 5.32 Å². The molecule has 0 saturated carbocycles. The van der Waals surface area contributed by atoms with E-state index in [1.165, 1.54) is 16.8 Å². The molecule has 0 atom stereocenters. The summed E-state index contributed by atoms with van der Waals surface area (Å²) in [6.07, 6.45) is 0. The van der Waals surface area contributed by atoms with E-state index in [0.717, 1.165) is 22.0 Å². The fourth-order valence-electron chi connectivity index (χ4n) is 2.23. The van der Waals surface area contributed by atoms with Gasteiger partial charge in [0.2, 0.25) is 0 Å². The maximum Gasteiger partial charge on any atom is 0.0426 e. The minimum Gasteiger partial charge on any atom is -0.370 e. The molecule has 0 radical (unpaired) electrons. The summed E-state index contributed by atoms with van der Waals surface area (Å²) in [5.41, 5.74) is 3.83. The van der Waals surface area contributed by atoms with E-state index in [4.69, 9.17) is 0 Å². The van der Waals surface area contributed by atoms with Crippen molar-refractivity contribution in [3.8, 4) is 0 Å². The van der Waals surface area contributed by atoms with Gasteiger partial charge in [-0.3, -0.25) is 0 Å². The second-order valence-corrected chi connectivity index (χ2v) is 6.62. The van der Waals surface area contributed by atoms with Gasteiger partial charge in [-0.1, -0.05) is 50.1 Å². The minimum atomic E-state index is 0.867. The first-order chi connectivity index (χ1) is 9.60. The van der Waals surface area contributed by atoms with E-state index in [9.17, 15) is 0 Å². The van der Waals surface area contributed by atoms with Gasteiger partial charge in [-0.05, 0) is 42.4 Å². The Balaban J connectivity index is 2.23. The van der Waals surface area contributed by atoms with Crippen LogP contribution in [-0.4, -0.2) is 14.1 Å². The molecule has 20 heavy (non-hydrogen) atoms. The van der Waals surface area contributed by atoms with E-state index < -0.39 is 0 Å². The second-order valence-electron chi connectivity index (χ2n) is 4.79. The Morgan fingerprint density at radius 1 is 1.05 bits per heavy atom. The molecule has 2 rings (SSSR count). The van der Waals surface area contributed by atoms with Gasteiger partial charge < -0.3 is 10.2 Å². The number of anilines is 1. The van der Waals surface area contributed by atoms with Gasteiger partial charge in [0.1, 0.15) is 0 Å². The number of benzene rings is 2. The summed E-state index contributed by atoms with van der Waals surface area (Å²) in [6, 6.07) is 14.8. The van der Waals surface area contributed by atoms with Crippen molar-refractivity contribution in [2.24, 2.45) is 0 Å². The Morgan fingerprint density at radius 3 is 2.50 bits per heavy atom. The molecular formula is C16H18Br2N2. The lowest BCUT2D eigenvalue weighted by atomic mass is 10.1. The first-order valence-corrected chi connectivity index (χ1v) is 8.07. The number of halogens is 2. The van der Waals surface area contributed by atoms with Crippen LogP contribution in [0.1, 0.15) is 11.1 Å². The lowest BCUT2D eigenvalue weighted by molar-refractivity contribution is 0.805. The average molecular weight is 398 g/mol. The molecule has 2 aromatic carbocycles. The normalized spacial score (nSPS) is 10.6. The van der Waals surface area contributed by atoms with Gasteiger partial charge in [0.05, 0.1) is 0 Å². The van der Waals surface area contributed by atoms with Gasteiger partial charge in [0.15, 0.2) is 0 Å². The average Bonchev–Trinajstić information content (AvgIpc) is 2.41. The van der Waals surface area contributed by atoms with Crippen LogP contribution in [0.5, 0.6) is 0 Å². The number of hydrogen-bond acceptors (Lipinski definition) is 2. The fraction of sp³-hybridized carbons (Fsp3) is 0.250. The van der Waals surface area contributed by atoms with Crippen molar-refractivity contribution < 1.29 is 0 Å². The highest BCUT2D eigenvalue weighted by atomic mass is 79.9. The summed E-state index contributed by atoms with van der Waals surface area (Å²) in [5, 5.41) is 3.22. The maximum absolute atomic E-state index is 3.56. The number of rotatable bonds is 5. The van der Waals surface area contributed by atoms with Gasteiger partial charge >= 0.3 is 0 Å². The van der Waals surface area contributed by atoms with Crippen LogP contribution in [0, 0.1) is 0 Å². The zero-order valence-corrected chi connectivity index (χ0v) is 14.8. The number of nitrogens with one attached hydrogen (secondary N) is 1. The third-order valence-electron chi connectivity index (χ3n) is 3.13. The summed E-state index contributed by atoms with van der Waals surface area (Å²) >= 11 is 7.08. The van der Waals surface area contributed by atoms with Gasteiger partial charge in [-0.2, -0.15) is 0 Å². The highest BCUT2D eigenvalue weighted by molar-refractivity contribution is 9.10. The summed E-state index contributed by atoms with van der Waals surface area (Å²) in [4.78, 5) is 2.28. The molecule has 2 nitrogen and oxygen atoms in total. The minimum absolute atomic E-state index is 0.867. The van der Waals surface area contributed by atoms with E-state index in [1.54, 1.807) is 0 Å². The third-order valence-corrected chi connectivity index (χ3v) is 4.12. The van der Waals surface area contributed by atoms with Gasteiger partial charge in [-0.25, -0.2) is 0 Å². The Kier molecular flexibility index (Phi) is 5.64. The Labute approximate surface area is 137 Å². The Hall–Kier alpha value is -0.840. The zero-order chi connectivity index (χ0) is 14.5. The molecule has 0 aliphatic carbocycles. The second kappa shape index (κ2) is 7.25. The zero-order valence-electron chi connectivity index (χ0n) is 11.7. The number of hydrogen-bond donors (Lipinski definition) is 1. The van der Waals surface area contributed by atoms with Crippen LogP contribution >= 0.6 is 31.9 Å². The van der Waals surface area contributed by atoms with Crippen LogP contribution in [-0.2, 0) is 13.1 Å². The summed E-state index contributed by atoms with van der Waals surface area (Å²) in [6.45, 7) is 1.75. The van der Waals surface area contributed by atoms with Crippen molar-refractivity contribution in [3.63, 3.8) is 0 Å². The smallest absolute Gasteiger partial charge is 0.0426 e. The monoisotopic (exact) mass is 396 g/mol. The van der Waals surface area contributed by atoms with Gasteiger partial charge in [0, 0.05) is 34.8 Å². The van der Waals surface area contributed by atoms with Crippen LogP contribution in [0.3, 0.4) is 0 Å². The third kappa shape index (κ3) is 4.08. The number of nitrogens with zero attached hydrogens (tertiary/aromatic N) is 1. The van der Waals surface area contributed by atoms with Crippen molar-refractivity contribution in [2.45, 2.75) is 13.1 Å². The molecule has 0 saturated heterocycles. The van der Waals surface area contributed by atoms with Crippen LogP contribution in [0.4, 0.5) is 5.69 Å². The van der Waals surface area contributed by atoms with Crippen LogP contribution in [0.15, 0.2) is 51.4 Å². The highest BCUT2D eigenvalue weighted by Crippen LogP contribution is 2.26. The molecule has 2 aromatic rings. The van der Waals surface area contributed by atoms with Gasteiger partial charge in [-0.15, -0.1) is 0 Å². The predicted octanol–water partition coefficient (Wildman–Crippen LogP) is 4.57. The summed E-state index contributed by atoms with van der Waals surface area (Å²) in [7, 11) is 4.10. The highest BCUT2D eigenvalue weighted by Gasteiger charge is 2.08. The summed E-state index contributed by atoms with van der Waals surface area (Å²) < 4.78 is 2.22. The van der Waals surface area contributed by atoms with Crippen molar-refractivity contribution in [1.29, 1.82) is 0 Å². The van der Waals surface area contributed by atoms with Crippen LogP contribution in [0.2, 0.25) is 0 Å². The topological polar surface area (TPSA) is 15.3 Å². The van der Waals surface area contributed by atoms with E-state index >= 15 is 0 Å². The van der Waals surface area contributed by atoms with Crippen molar-refractivity contribution >= 4 is 37.5 Å². The summed E-state index contributed by atoms with van der Waals surface area (Å²) in [5.74, 6) is 0. The fourth-order valence-corrected chi connectivity index (χ4v) is 3.02. The van der Waals surface area contributed by atoms with E-state index in [0.29, 0.717) is 0 Å². The predicted molar refractivity (Wildman–Crippen MR) is 93.2 cm³/mol. The maximum atomic E-state index is 3.56. The molecule has 0 fully saturated rings. The molecular weight excluding hydrogens is 380 g/mol. The lowest BCUT2D eigenvalue weighted by Gasteiger charge is -2.23. The molecule has 0 aliphatic heterocycles. The largest absolute Gasteiger partial charge is 0.370 e. The van der Waals surface area contributed by atoms with Crippen LogP contribution in [0.25, 0.3) is 0 Å². The lowest BCUT2D eigenvalue weighted by Crippen LogP contribution is -2.19. The van der Waals surface area contributed by atoms with E-state index in [-0.39, 0.29) is 0 Å². The van der Waals surface area contributed by atoms with Crippen molar-refractivity contribution in [2.75, 3.05) is 19.0 Å². The first-order valence-electron chi connectivity index (χ1n) is 6.49. The molecule has 106 valence electrons. The molecule has 1 N–H and O–H groups in total. The molecule has 0 heterocycles. The standard InChI is InChI=1S/C16H18Br2N2/c1-19-10-13-6-7-15(18)9-16(13)20(2)11-12-4-3-5-14(17)8-12/h3-9,19H,10-11H2,1-2H3. The molecule has 0 aromatic heterocycles. The van der Waals surface area contributed by atoms with E-state index in [2.05, 4.69) is 91.6 Å².